The fourth-order valence-corrected chi connectivity index (χ4v) is 2.57. The minimum Gasteiger partial charge on any atom is -0.380 e. The number of ether oxygens (including phenoxy) is 2. The average Bonchev–Trinajstić information content (AvgIpc) is 2.61. The molecule has 24 heavy (non-hydrogen) atoms. The second-order valence-electron chi connectivity index (χ2n) is 5.67. The molecule has 1 aromatic rings. The van der Waals surface area contributed by atoms with E-state index < -0.39 is 0 Å². The van der Waals surface area contributed by atoms with Crippen LogP contribution >= 0.6 is 0 Å². The molecule has 0 amide bonds. The lowest BCUT2D eigenvalue weighted by molar-refractivity contribution is 0.0389. The molecule has 0 atom stereocenters. The summed E-state index contributed by atoms with van der Waals surface area (Å²) in [5.74, 6) is 0.495. The van der Waals surface area contributed by atoms with E-state index in [-0.39, 0.29) is 12.4 Å². The van der Waals surface area contributed by atoms with Crippen molar-refractivity contribution in [3.8, 4) is 0 Å². The quantitative estimate of drug-likeness (QED) is 0.573. The molecular weight excluding hydrogens is 311 g/mol. The van der Waals surface area contributed by atoms with Gasteiger partial charge in [-0.05, 0) is 17.7 Å². The van der Waals surface area contributed by atoms with Gasteiger partial charge in [0.25, 0.3) is 0 Å². The van der Waals surface area contributed by atoms with E-state index in [1.54, 1.807) is 20.2 Å². The summed E-state index contributed by atoms with van der Waals surface area (Å²) in [5, 5.41) is 6.54. The van der Waals surface area contributed by atoms with Crippen molar-refractivity contribution < 1.29 is 13.9 Å². The van der Waals surface area contributed by atoms with Crippen molar-refractivity contribution in [3.05, 3.63) is 35.1 Å². The maximum absolute atomic E-state index is 13.6. The first-order chi connectivity index (χ1) is 11.7. The third-order valence-electron chi connectivity index (χ3n) is 3.92. The van der Waals surface area contributed by atoms with Crippen molar-refractivity contribution in [2.75, 3.05) is 53.6 Å². The van der Waals surface area contributed by atoms with Crippen LogP contribution < -0.4 is 10.6 Å². The zero-order chi connectivity index (χ0) is 17.2. The summed E-state index contributed by atoms with van der Waals surface area (Å²) in [6.45, 7) is 6.19. The Labute approximate surface area is 143 Å². The predicted octanol–water partition coefficient (Wildman–Crippen LogP) is 0.969. The van der Waals surface area contributed by atoms with Crippen molar-refractivity contribution >= 4 is 5.96 Å². The van der Waals surface area contributed by atoms with Crippen molar-refractivity contribution in [2.45, 2.75) is 13.2 Å². The smallest absolute Gasteiger partial charge is 0.191 e. The lowest BCUT2D eigenvalue weighted by atomic mass is 10.1. The van der Waals surface area contributed by atoms with Gasteiger partial charge in [0.15, 0.2) is 5.96 Å². The number of nitrogens with zero attached hydrogens (tertiary/aromatic N) is 2. The number of guanidine groups is 1. The van der Waals surface area contributed by atoms with Crippen LogP contribution in [0.2, 0.25) is 0 Å². The van der Waals surface area contributed by atoms with Crippen LogP contribution in [-0.2, 0) is 22.6 Å². The van der Waals surface area contributed by atoms with E-state index in [1.807, 2.05) is 6.07 Å². The number of rotatable bonds is 7. The van der Waals surface area contributed by atoms with Gasteiger partial charge in [0.1, 0.15) is 5.82 Å². The third-order valence-corrected chi connectivity index (χ3v) is 3.92. The summed E-state index contributed by atoms with van der Waals surface area (Å²) in [5.41, 5.74) is 1.55. The molecule has 2 rings (SSSR count). The monoisotopic (exact) mass is 338 g/mol. The molecule has 1 heterocycles. The Morgan fingerprint density at radius 1 is 1.33 bits per heavy atom. The normalized spacial score (nSPS) is 16.2. The molecule has 1 aliphatic rings. The van der Waals surface area contributed by atoms with Crippen molar-refractivity contribution in [3.63, 3.8) is 0 Å². The Hall–Kier alpha value is -1.70. The van der Waals surface area contributed by atoms with Gasteiger partial charge in [0.2, 0.25) is 0 Å². The van der Waals surface area contributed by atoms with Crippen LogP contribution in [0.4, 0.5) is 4.39 Å². The molecule has 0 bridgehead atoms. The lowest BCUT2D eigenvalue weighted by Gasteiger charge is -2.26. The second kappa shape index (κ2) is 10.2. The summed E-state index contributed by atoms with van der Waals surface area (Å²) in [7, 11) is 3.30. The predicted molar refractivity (Wildman–Crippen MR) is 92.6 cm³/mol. The molecule has 6 nitrogen and oxygen atoms in total. The van der Waals surface area contributed by atoms with Crippen LogP contribution in [0.1, 0.15) is 11.1 Å². The molecule has 7 heteroatoms. The van der Waals surface area contributed by atoms with Gasteiger partial charge in [0, 0.05) is 52.4 Å². The van der Waals surface area contributed by atoms with Crippen molar-refractivity contribution in [2.24, 2.45) is 4.99 Å². The lowest BCUT2D eigenvalue weighted by Crippen LogP contribution is -2.44. The number of benzene rings is 1. The number of methoxy groups -OCH3 is 1. The first-order valence-electron chi connectivity index (χ1n) is 8.24. The van der Waals surface area contributed by atoms with Gasteiger partial charge in [-0.15, -0.1) is 0 Å². The first-order valence-corrected chi connectivity index (χ1v) is 8.24. The Balaban J connectivity index is 1.75. The SMILES string of the molecule is CN=C(NCCN1CCOCC1)NCc1ccc(F)c(COC)c1. The van der Waals surface area contributed by atoms with Gasteiger partial charge >= 0.3 is 0 Å². The fraction of sp³-hybridized carbons (Fsp3) is 0.588. The molecule has 1 saturated heterocycles. The van der Waals surface area contributed by atoms with Gasteiger partial charge < -0.3 is 20.1 Å². The van der Waals surface area contributed by atoms with Crippen LogP contribution in [0.5, 0.6) is 0 Å². The molecule has 0 saturated carbocycles. The molecule has 1 aromatic carbocycles. The highest BCUT2D eigenvalue weighted by atomic mass is 19.1. The van der Waals surface area contributed by atoms with Gasteiger partial charge in [-0.1, -0.05) is 6.07 Å². The Morgan fingerprint density at radius 3 is 2.83 bits per heavy atom. The van der Waals surface area contributed by atoms with E-state index in [0.717, 1.165) is 50.9 Å². The topological polar surface area (TPSA) is 58.1 Å². The Kier molecular flexibility index (Phi) is 7.94. The fourth-order valence-electron chi connectivity index (χ4n) is 2.57. The highest BCUT2D eigenvalue weighted by Gasteiger charge is 2.09. The van der Waals surface area contributed by atoms with Gasteiger partial charge in [-0.2, -0.15) is 0 Å². The molecule has 0 spiro atoms. The van der Waals surface area contributed by atoms with Crippen LogP contribution in [0.25, 0.3) is 0 Å². The molecular formula is C17H27FN4O2. The van der Waals surface area contributed by atoms with E-state index in [0.29, 0.717) is 12.1 Å². The molecule has 2 N–H and O–H groups in total. The van der Waals surface area contributed by atoms with Crippen LogP contribution in [0, 0.1) is 5.82 Å². The van der Waals surface area contributed by atoms with E-state index in [4.69, 9.17) is 9.47 Å². The van der Waals surface area contributed by atoms with Crippen LogP contribution in [0.15, 0.2) is 23.2 Å². The minimum absolute atomic E-state index is 0.242. The number of hydrogen-bond acceptors (Lipinski definition) is 4. The van der Waals surface area contributed by atoms with E-state index in [1.165, 1.54) is 6.07 Å². The summed E-state index contributed by atoms with van der Waals surface area (Å²) in [6.07, 6.45) is 0. The third kappa shape index (κ3) is 6.07. The van der Waals surface area contributed by atoms with Gasteiger partial charge in [-0.3, -0.25) is 9.89 Å². The molecule has 0 aromatic heterocycles. The summed E-state index contributed by atoms with van der Waals surface area (Å²) in [4.78, 5) is 6.58. The maximum Gasteiger partial charge on any atom is 0.191 e. The average molecular weight is 338 g/mol. The largest absolute Gasteiger partial charge is 0.380 e. The molecule has 1 aliphatic heterocycles. The van der Waals surface area contributed by atoms with E-state index in [9.17, 15) is 4.39 Å². The zero-order valence-corrected chi connectivity index (χ0v) is 14.5. The van der Waals surface area contributed by atoms with Gasteiger partial charge in [-0.25, -0.2) is 4.39 Å². The highest BCUT2D eigenvalue weighted by molar-refractivity contribution is 5.79. The number of halogens is 1. The molecule has 0 aliphatic carbocycles. The second-order valence-corrected chi connectivity index (χ2v) is 5.67. The van der Waals surface area contributed by atoms with Crippen molar-refractivity contribution in [1.29, 1.82) is 0 Å². The van der Waals surface area contributed by atoms with Crippen LogP contribution in [-0.4, -0.2) is 64.4 Å². The Bertz CT molecular complexity index is 533. The number of hydrogen-bond donors (Lipinski definition) is 2. The number of aliphatic imine (C=N–C) groups is 1. The van der Waals surface area contributed by atoms with Crippen molar-refractivity contribution in [1.82, 2.24) is 15.5 Å². The summed E-state index contributed by atoms with van der Waals surface area (Å²) < 4.78 is 24.0. The zero-order valence-electron chi connectivity index (χ0n) is 14.5. The van der Waals surface area contributed by atoms with E-state index in [2.05, 4.69) is 20.5 Å². The molecule has 0 unspecified atom stereocenters. The Morgan fingerprint density at radius 2 is 2.12 bits per heavy atom. The minimum atomic E-state index is -0.242. The molecule has 134 valence electrons. The summed E-state index contributed by atoms with van der Waals surface area (Å²) >= 11 is 0. The number of morpholine rings is 1. The maximum atomic E-state index is 13.6. The number of nitrogens with one attached hydrogen (secondary N) is 2. The van der Waals surface area contributed by atoms with Crippen LogP contribution in [0.3, 0.4) is 0 Å². The first kappa shape index (κ1) is 18.6. The standard InChI is InChI=1S/C17H27FN4O2/c1-19-17(20-5-6-22-7-9-24-10-8-22)21-12-14-3-4-16(18)15(11-14)13-23-2/h3-4,11H,5-10,12-13H2,1-2H3,(H2,19,20,21). The molecule has 1 fully saturated rings. The van der Waals surface area contributed by atoms with Gasteiger partial charge in [0.05, 0.1) is 19.8 Å². The molecule has 0 radical (unpaired) electrons. The summed E-state index contributed by atoms with van der Waals surface area (Å²) in [6, 6.07) is 5.05. The highest BCUT2D eigenvalue weighted by Crippen LogP contribution is 2.11. The van der Waals surface area contributed by atoms with E-state index >= 15 is 0 Å².